The van der Waals surface area contributed by atoms with Gasteiger partial charge in [-0.3, -0.25) is 0 Å². The van der Waals surface area contributed by atoms with Crippen LogP contribution in [0.25, 0.3) is 5.32 Å². The molecule has 2 rings (SSSR count). The van der Waals surface area contributed by atoms with Crippen LogP contribution in [-0.2, 0) is 23.6 Å². The van der Waals surface area contributed by atoms with E-state index in [1.807, 2.05) is 48.5 Å². The number of hydrogen-bond acceptors (Lipinski definition) is 1. The van der Waals surface area contributed by atoms with Crippen LogP contribution >= 0.6 is 18.6 Å². The predicted molar refractivity (Wildman–Crippen MR) is 96.0 cm³/mol. The Kier molecular flexibility index (Phi) is 8.58. The summed E-state index contributed by atoms with van der Waals surface area (Å²) < 4.78 is 0. The number of rotatable bonds is 4. The molecular formula is C16H20Cl2NOSiTi-. The monoisotopic (exact) mass is 388 g/mol. The van der Waals surface area contributed by atoms with E-state index >= 15 is 0 Å². The molecule has 0 saturated carbocycles. The van der Waals surface area contributed by atoms with Crippen molar-refractivity contribution in [3.63, 3.8) is 0 Å². The molecule has 2 aromatic carbocycles. The van der Waals surface area contributed by atoms with E-state index in [9.17, 15) is 5.11 Å². The first-order chi connectivity index (χ1) is 10.4. The summed E-state index contributed by atoms with van der Waals surface area (Å²) in [7, 11) is 8.27. The van der Waals surface area contributed by atoms with Gasteiger partial charge in [-0.15, -0.1) is 12.2 Å². The van der Waals surface area contributed by atoms with Gasteiger partial charge in [0.2, 0.25) is 0 Å². The van der Waals surface area contributed by atoms with E-state index in [0.29, 0.717) is 12.3 Å². The average Bonchev–Trinajstić information content (AvgIpc) is 2.47. The van der Waals surface area contributed by atoms with Crippen LogP contribution in [0.15, 0.2) is 48.5 Å². The normalized spacial score (nSPS) is 10.4. The minimum absolute atomic E-state index is 0.432. The molecule has 0 saturated heterocycles. The molecule has 2 aromatic rings. The van der Waals surface area contributed by atoms with Gasteiger partial charge in [0.1, 0.15) is 5.75 Å². The molecule has 0 aliphatic rings. The van der Waals surface area contributed by atoms with E-state index in [1.165, 1.54) is 0 Å². The van der Waals surface area contributed by atoms with Gasteiger partial charge < -0.3 is 10.4 Å². The van der Waals surface area contributed by atoms with E-state index in [2.05, 4.69) is 25.0 Å². The number of benzene rings is 2. The third-order valence-electron chi connectivity index (χ3n) is 3.12. The van der Waals surface area contributed by atoms with Crippen LogP contribution in [0, 0.1) is 0 Å². The van der Waals surface area contributed by atoms with Crippen LogP contribution in [0.3, 0.4) is 0 Å². The summed E-state index contributed by atoms with van der Waals surface area (Å²) in [4.78, 5) is 0. The fraction of sp³-hybridized carbons (Fsp3) is 0.250. The Morgan fingerprint density at radius 2 is 1.59 bits per heavy atom. The Bertz CT molecular complexity index is 576. The second-order valence-corrected chi connectivity index (χ2v) is 13.4. The first-order valence-electron chi connectivity index (χ1n) is 6.90. The summed E-state index contributed by atoms with van der Waals surface area (Å²) in [5.41, 5.74) is 1.85. The molecule has 0 fully saturated rings. The van der Waals surface area contributed by atoms with Gasteiger partial charge in [0.15, 0.2) is 0 Å². The molecule has 0 amide bonds. The van der Waals surface area contributed by atoms with Gasteiger partial charge in [0.25, 0.3) is 0 Å². The standard InChI is InChI=1S/C16H20NOSi.2ClH.Ti/c1-19(2,3)15-11-7-8-13(16(15)18)12-17-14-9-5-4-6-10-14;;;/h4-11,18H,12H2,1-3H3;2*1H;/q-1;;;+2/p-2. The molecule has 0 aliphatic heterocycles. The topological polar surface area (TPSA) is 34.3 Å². The molecule has 0 aromatic heterocycles. The Balaban J connectivity index is 0.000000745. The van der Waals surface area contributed by atoms with Crippen molar-refractivity contribution in [1.29, 1.82) is 0 Å². The van der Waals surface area contributed by atoms with Crippen LogP contribution in [-0.4, -0.2) is 13.2 Å². The zero-order valence-corrected chi connectivity index (χ0v) is 17.0. The summed E-state index contributed by atoms with van der Waals surface area (Å²) >= 11 is -0.556. The Morgan fingerprint density at radius 1 is 1.00 bits per heavy atom. The maximum absolute atomic E-state index is 10.4. The van der Waals surface area contributed by atoms with E-state index in [1.54, 1.807) is 0 Å². The van der Waals surface area contributed by atoms with Crippen molar-refractivity contribution < 1.29 is 22.1 Å². The van der Waals surface area contributed by atoms with E-state index in [0.717, 1.165) is 16.4 Å². The first kappa shape index (κ1) is 19.6. The molecule has 118 valence electrons. The third-order valence-corrected chi connectivity index (χ3v) is 5.14. The van der Waals surface area contributed by atoms with E-state index in [4.69, 9.17) is 18.6 Å². The van der Waals surface area contributed by atoms with Crippen LogP contribution in [0.1, 0.15) is 5.56 Å². The summed E-state index contributed by atoms with van der Waals surface area (Å²) in [6.45, 7) is 7.23. The van der Waals surface area contributed by atoms with Gasteiger partial charge in [0.05, 0.1) is 8.07 Å². The van der Waals surface area contributed by atoms with Gasteiger partial charge in [0, 0.05) is 0 Å². The van der Waals surface area contributed by atoms with Gasteiger partial charge in [-0.05, 0) is 10.8 Å². The molecule has 6 heteroatoms. The van der Waals surface area contributed by atoms with Crippen molar-refractivity contribution >= 4 is 37.6 Å². The van der Waals surface area contributed by atoms with Crippen molar-refractivity contribution in [3.8, 4) is 5.75 Å². The SMILES string of the molecule is C[Si](C)(C)c1cccc(C[N-]c2ccccc2)c1O.[Cl][Ti][Cl]. The molecule has 0 heterocycles. The van der Waals surface area contributed by atoms with Gasteiger partial charge in [-0.1, -0.05) is 68.2 Å². The first-order valence-corrected chi connectivity index (χ1v) is 14.7. The third kappa shape index (κ3) is 6.35. The summed E-state index contributed by atoms with van der Waals surface area (Å²) in [5.74, 6) is 0.432. The number of hydrogen-bond donors (Lipinski definition) is 1. The van der Waals surface area contributed by atoms with Gasteiger partial charge in [-0.25, -0.2) is 0 Å². The van der Waals surface area contributed by atoms with Crippen molar-refractivity contribution in [1.82, 2.24) is 0 Å². The number of aromatic hydroxyl groups is 1. The number of phenols is 1. The number of para-hydroxylation sites is 2. The fourth-order valence-corrected chi connectivity index (χ4v) is 3.50. The van der Waals surface area contributed by atoms with Crippen molar-refractivity contribution in [2.24, 2.45) is 0 Å². The maximum atomic E-state index is 10.4. The zero-order chi connectivity index (χ0) is 16.6. The molecular weight excluding hydrogens is 369 g/mol. The Hall–Kier alpha value is -0.449. The summed E-state index contributed by atoms with van der Waals surface area (Å²) in [6, 6.07) is 15.9. The number of phenolic OH excluding ortho intramolecular Hbond substituents is 1. The van der Waals surface area contributed by atoms with Crippen LogP contribution in [0.4, 0.5) is 5.69 Å². The average molecular weight is 389 g/mol. The minimum atomic E-state index is -1.51. The second kappa shape index (κ2) is 9.64. The second-order valence-electron chi connectivity index (χ2n) is 5.79. The predicted octanol–water partition coefficient (Wildman–Crippen LogP) is 5.52. The molecule has 0 atom stereocenters. The fourth-order valence-electron chi connectivity index (χ4n) is 2.03. The molecule has 22 heavy (non-hydrogen) atoms. The molecule has 0 unspecified atom stereocenters. The molecule has 0 spiro atoms. The van der Waals surface area contributed by atoms with Crippen molar-refractivity contribution in [2.75, 3.05) is 0 Å². The van der Waals surface area contributed by atoms with E-state index < -0.39 is 25.1 Å². The summed E-state index contributed by atoms with van der Waals surface area (Å²) in [6.07, 6.45) is 0. The number of halogens is 2. The Labute approximate surface area is 150 Å². The Morgan fingerprint density at radius 3 is 2.14 bits per heavy atom. The molecule has 0 bridgehead atoms. The quantitative estimate of drug-likeness (QED) is 0.687. The molecule has 1 N–H and O–H groups in total. The van der Waals surface area contributed by atoms with Crippen molar-refractivity contribution in [2.45, 2.75) is 26.2 Å². The molecule has 0 radical (unpaired) electrons. The number of nitrogens with zero attached hydrogens (tertiary/aromatic N) is 1. The van der Waals surface area contributed by atoms with Gasteiger partial charge in [-0.2, -0.15) is 0 Å². The van der Waals surface area contributed by atoms with Crippen LogP contribution in [0.2, 0.25) is 19.6 Å². The van der Waals surface area contributed by atoms with Crippen molar-refractivity contribution in [3.05, 3.63) is 59.4 Å². The van der Waals surface area contributed by atoms with Crippen LogP contribution < -0.4 is 5.19 Å². The van der Waals surface area contributed by atoms with Gasteiger partial charge >= 0.3 is 35.6 Å². The summed E-state index contributed by atoms with van der Waals surface area (Å²) in [5, 5.41) is 16.0. The van der Waals surface area contributed by atoms with Crippen LogP contribution in [0.5, 0.6) is 5.75 Å². The van der Waals surface area contributed by atoms with E-state index in [-0.39, 0.29) is 0 Å². The molecule has 0 aliphatic carbocycles. The zero-order valence-electron chi connectivity index (χ0n) is 13.0. The molecule has 2 nitrogen and oxygen atoms in total.